The van der Waals surface area contributed by atoms with Gasteiger partial charge in [-0.25, -0.2) is 0 Å². The van der Waals surface area contributed by atoms with E-state index < -0.39 is 5.97 Å². The largest absolute Gasteiger partial charge is 0.494 e. The second-order valence-electron chi connectivity index (χ2n) is 3.62. The Morgan fingerprint density at radius 1 is 1.22 bits per heavy atom. The molecule has 98 valence electrons. The molecular weight excluding hydrogens is 234 g/mol. The molecule has 1 aromatic rings. The third-order valence-corrected chi connectivity index (χ3v) is 2.22. The molecule has 18 heavy (non-hydrogen) atoms. The lowest BCUT2D eigenvalue weighted by atomic mass is 10.3. The first-order chi connectivity index (χ1) is 8.72. The molecule has 0 aromatic heterocycles. The molecule has 1 rings (SSSR count). The van der Waals surface area contributed by atoms with E-state index >= 15 is 0 Å². The van der Waals surface area contributed by atoms with Crippen LogP contribution in [0.3, 0.4) is 0 Å². The van der Waals surface area contributed by atoms with Crippen molar-refractivity contribution in [2.24, 2.45) is 0 Å². The highest BCUT2D eigenvalue weighted by Crippen LogP contribution is 2.08. The first-order valence-electron chi connectivity index (χ1n) is 5.73. The highest BCUT2D eigenvalue weighted by Gasteiger charge is 2.04. The molecule has 0 aliphatic rings. The molecule has 0 unspecified atom stereocenters. The summed E-state index contributed by atoms with van der Waals surface area (Å²) in [5.74, 6) is 0.147. The Morgan fingerprint density at radius 3 is 2.61 bits per heavy atom. The van der Waals surface area contributed by atoms with Gasteiger partial charge in [0.2, 0.25) is 5.91 Å². The third-order valence-electron chi connectivity index (χ3n) is 2.22. The van der Waals surface area contributed by atoms with Gasteiger partial charge < -0.3 is 14.8 Å². The van der Waals surface area contributed by atoms with Crippen LogP contribution >= 0.6 is 0 Å². The van der Waals surface area contributed by atoms with Crippen molar-refractivity contribution in [3.05, 3.63) is 30.3 Å². The predicted molar refractivity (Wildman–Crippen MR) is 66.2 cm³/mol. The second kappa shape index (κ2) is 8.11. The van der Waals surface area contributed by atoms with Crippen molar-refractivity contribution in [1.29, 1.82) is 0 Å². The molecule has 0 aliphatic heterocycles. The van der Waals surface area contributed by atoms with Crippen molar-refractivity contribution in [3.63, 3.8) is 0 Å². The molecule has 1 amide bonds. The Morgan fingerprint density at radius 2 is 1.94 bits per heavy atom. The van der Waals surface area contributed by atoms with Crippen LogP contribution in [0.15, 0.2) is 30.3 Å². The van der Waals surface area contributed by atoms with Gasteiger partial charge in [0.1, 0.15) is 12.3 Å². The highest BCUT2D eigenvalue weighted by atomic mass is 16.5. The first kappa shape index (κ1) is 14.0. The molecule has 0 heterocycles. The molecule has 0 fully saturated rings. The Kier molecular flexibility index (Phi) is 6.32. The third kappa shape index (κ3) is 5.89. The Hall–Kier alpha value is -2.04. The van der Waals surface area contributed by atoms with Crippen LogP contribution in [0.25, 0.3) is 0 Å². The van der Waals surface area contributed by atoms with Crippen molar-refractivity contribution in [1.82, 2.24) is 5.32 Å². The van der Waals surface area contributed by atoms with Crippen LogP contribution in [-0.4, -0.2) is 32.1 Å². The molecule has 0 bridgehead atoms. The first-order valence-corrected chi connectivity index (χ1v) is 5.73. The van der Waals surface area contributed by atoms with E-state index in [1.54, 1.807) is 0 Å². The molecule has 0 spiro atoms. The number of benzene rings is 1. The Balaban J connectivity index is 2.07. The minimum absolute atomic E-state index is 0.0884. The molecule has 0 radical (unpaired) electrons. The van der Waals surface area contributed by atoms with Crippen LogP contribution in [0.5, 0.6) is 5.75 Å². The lowest BCUT2D eigenvalue weighted by molar-refractivity contribution is -0.141. The standard InChI is InChI=1S/C13H17NO4/c1-17-13(16)10-14-12(15)8-5-9-18-11-6-3-2-4-7-11/h2-4,6-7H,5,8-10H2,1H3,(H,14,15). The maximum atomic E-state index is 11.3. The van der Waals surface area contributed by atoms with Crippen LogP contribution in [0.2, 0.25) is 0 Å². The number of hydrogen-bond donors (Lipinski definition) is 1. The van der Waals surface area contributed by atoms with Gasteiger partial charge in [0.25, 0.3) is 0 Å². The number of carbonyl (C=O) groups excluding carboxylic acids is 2. The SMILES string of the molecule is COC(=O)CNC(=O)CCCOc1ccccc1. The summed E-state index contributed by atoms with van der Waals surface area (Å²) in [6.45, 7) is 0.379. The monoisotopic (exact) mass is 251 g/mol. The van der Waals surface area contributed by atoms with Gasteiger partial charge in [-0.3, -0.25) is 9.59 Å². The summed E-state index contributed by atoms with van der Waals surface area (Å²) in [4.78, 5) is 22.1. The summed E-state index contributed by atoms with van der Waals surface area (Å²) in [6, 6.07) is 9.40. The van der Waals surface area contributed by atoms with E-state index in [9.17, 15) is 9.59 Å². The van der Waals surface area contributed by atoms with Crippen LogP contribution in [0, 0.1) is 0 Å². The molecule has 5 heteroatoms. The van der Waals surface area contributed by atoms with Gasteiger partial charge >= 0.3 is 5.97 Å². The number of ether oxygens (including phenoxy) is 2. The maximum absolute atomic E-state index is 11.3. The summed E-state index contributed by atoms with van der Waals surface area (Å²) in [6.07, 6.45) is 0.922. The zero-order valence-corrected chi connectivity index (χ0v) is 10.3. The molecule has 5 nitrogen and oxygen atoms in total. The fraction of sp³-hybridized carbons (Fsp3) is 0.385. The topological polar surface area (TPSA) is 64.6 Å². The summed E-state index contributed by atoms with van der Waals surface area (Å²) >= 11 is 0. The van der Waals surface area contributed by atoms with Gasteiger partial charge in [-0.1, -0.05) is 18.2 Å². The van der Waals surface area contributed by atoms with Crippen molar-refractivity contribution in [2.45, 2.75) is 12.8 Å². The van der Waals surface area contributed by atoms with Crippen LogP contribution in [-0.2, 0) is 14.3 Å². The molecular formula is C13H17NO4. The number of methoxy groups -OCH3 is 1. The van der Waals surface area contributed by atoms with Gasteiger partial charge in [-0.05, 0) is 18.6 Å². The van der Waals surface area contributed by atoms with Crippen LogP contribution in [0.4, 0.5) is 0 Å². The van der Waals surface area contributed by atoms with Gasteiger partial charge in [0, 0.05) is 6.42 Å². The highest BCUT2D eigenvalue weighted by molar-refractivity contribution is 5.81. The molecule has 0 saturated heterocycles. The minimum Gasteiger partial charge on any atom is -0.494 e. The van der Waals surface area contributed by atoms with Crippen molar-refractivity contribution in [2.75, 3.05) is 20.3 Å². The average molecular weight is 251 g/mol. The van der Waals surface area contributed by atoms with E-state index in [1.807, 2.05) is 30.3 Å². The number of esters is 1. The number of amides is 1. The summed E-state index contributed by atoms with van der Waals surface area (Å²) in [7, 11) is 1.28. The van der Waals surface area contributed by atoms with E-state index in [0.717, 1.165) is 5.75 Å². The van der Waals surface area contributed by atoms with Crippen molar-refractivity contribution >= 4 is 11.9 Å². The quantitative estimate of drug-likeness (QED) is 0.583. The lowest BCUT2D eigenvalue weighted by Gasteiger charge is -2.06. The van der Waals surface area contributed by atoms with Gasteiger partial charge in [0.15, 0.2) is 0 Å². The fourth-order valence-electron chi connectivity index (χ4n) is 1.27. The maximum Gasteiger partial charge on any atom is 0.325 e. The summed E-state index contributed by atoms with van der Waals surface area (Å²) < 4.78 is 9.84. The Labute approximate surface area is 106 Å². The fourth-order valence-corrected chi connectivity index (χ4v) is 1.27. The number of nitrogens with one attached hydrogen (secondary N) is 1. The van der Waals surface area contributed by atoms with Crippen molar-refractivity contribution < 1.29 is 19.1 Å². The zero-order valence-electron chi connectivity index (χ0n) is 10.3. The predicted octanol–water partition coefficient (Wildman–Crippen LogP) is 1.13. The summed E-state index contributed by atoms with van der Waals surface area (Å²) in [5.41, 5.74) is 0. The smallest absolute Gasteiger partial charge is 0.325 e. The zero-order chi connectivity index (χ0) is 13.2. The van der Waals surface area contributed by atoms with E-state index in [0.29, 0.717) is 19.4 Å². The molecule has 0 atom stereocenters. The normalized spacial score (nSPS) is 9.61. The van der Waals surface area contributed by atoms with Crippen molar-refractivity contribution in [3.8, 4) is 5.75 Å². The number of hydrogen-bond acceptors (Lipinski definition) is 4. The van der Waals surface area contributed by atoms with Gasteiger partial charge in [-0.2, -0.15) is 0 Å². The van der Waals surface area contributed by atoms with Crippen LogP contribution in [0.1, 0.15) is 12.8 Å². The van der Waals surface area contributed by atoms with E-state index in [4.69, 9.17) is 4.74 Å². The van der Waals surface area contributed by atoms with E-state index in [2.05, 4.69) is 10.1 Å². The number of rotatable bonds is 7. The summed E-state index contributed by atoms with van der Waals surface area (Å²) in [5, 5.41) is 2.46. The Bertz CT molecular complexity index is 378. The van der Waals surface area contributed by atoms with E-state index in [-0.39, 0.29) is 12.5 Å². The number of carbonyl (C=O) groups is 2. The molecule has 0 saturated carbocycles. The molecule has 0 aliphatic carbocycles. The minimum atomic E-state index is -0.455. The molecule has 1 aromatic carbocycles. The second-order valence-corrected chi connectivity index (χ2v) is 3.62. The van der Waals surface area contributed by atoms with Crippen LogP contribution < -0.4 is 10.1 Å². The van der Waals surface area contributed by atoms with E-state index in [1.165, 1.54) is 7.11 Å². The average Bonchev–Trinajstić information content (AvgIpc) is 2.42. The van der Waals surface area contributed by atoms with Gasteiger partial charge in [-0.15, -0.1) is 0 Å². The lowest BCUT2D eigenvalue weighted by Crippen LogP contribution is -2.30. The van der Waals surface area contributed by atoms with Gasteiger partial charge in [0.05, 0.1) is 13.7 Å². The molecule has 1 N–H and O–H groups in total. The number of para-hydroxylation sites is 1.